The Labute approximate surface area is 130 Å². The van der Waals surface area contributed by atoms with E-state index in [1.807, 2.05) is 36.4 Å². The van der Waals surface area contributed by atoms with E-state index in [0.717, 1.165) is 31.2 Å². The van der Waals surface area contributed by atoms with Crippen molar-refractivity contribution in [3.63, 3.8) is 0 Å². The minimum absolute atomic E-state index is 0.0729. The van der Waals surface area contributed by atoms with Crippen LogP contribution in [0.1, 0.15) is 43.9 Å². The summed E-state index contributed by atoms with van der Waals surface area (Å²) >= 11 is 0. The summed E-state index contributed by atoms with van der Waals surface area (Å²) in [4.78, 5) is 15.2. The van der Waals surface area contributed by atoms with Gasteiger partial charge in [-0.3, -0.25) is 0 Å². The lowest BCUT2D eigenvalue weighted by Crippen LogP contribution is -2.03. The van der Waals surface area contributed by atoms with E-state index < -0.39 is 0 Å². The summed E-state index contributed by atoms with van der Waals surface area (Å²) in [5.41, 5.74) is 1.40. The zero-order chi connectivity index (χ0) is 15.8. The van der Waals surface area contributed by atoms with E-state index in [-0.39, 0.29) is 10.7 Å². The summed E-state index contributed by atoms with van der Waals surface area (Å²) in [5.74, 6) is 0.0729. The molecule has 0 saturated carbocycles. The Hall–Kier alpha value is -2.43. The summed E-state index contributed by atoms with van der Waals surface area (Å²) in [6.45, 7) is 2.79. The third-order valence-corrected chi connectivity index (χ3v) is 3.50. The van der Waals surface area contributed by atoms with Crippen LogP contribution in [0.5, 0.6) is 0 Å². The van der Waals surface area contributed by atoms with E-state index in [1.54, 1.807) is 17.0 Å². The van der Waals surface area contributed by atoms with Crippen LogP contribution in [-0.2, 0) is 6.54 Å². The van der Waals surface area contributed by atoms with Crippen molar-refractivity contribution in [2.24, 2.45) is 0 Å². The molecule has 5 heteroatoms. The topological polar surface area (TPSA) is 61.0 Å². The second-order valence-corrected chi connectivity index (χ2v) is 5.21. The zero-order valence-electron chi connectivity index (χ0n) is 12.8. The molecule has 0 saturated heterocycles. The first kappa shape index (κ1) is 15.9. The van der Waals surface area contributed by atoms with Gasteiger partial charge in [0.2, 0.25) is 0 Å². The van der Waals surface area contributed by atoms with Crippen LogP contribution in [0.15, 0.2) is 36.7 Å². The average Bonchev–Trinajstić information content (AvgIpc) is 2.94. The van der Waals surface area contributed by atoms with Gasteiger partial charge in [-0.2, -0.15) is 0 Å². The van der Waals surface area contributed by atoms with Crippen LogP contribution in [0.25, 0.3) is 12.2 Å². The lowest BCUT2D eigenvalue weighted by Gasteiger charge is -2.01. The molecule has 1 aromatic carbocycles. The molecule has 2 rings (SSSR count). The van der Waals surface area contributed by atoms with Crippen molar-refractivity contribution in [3.8, 4) is 0 Å². The lowest BCUT2D eigenvalue weighted by atomic mass is 10.2. The number of imidazole rings is 1. The van der Waals surface area contributed by atoms with E-state index in [4.69, 9.17) is 0 Å². The quantitative estimate of drug-likeness (QED) is 0.408. The smallest absolute Gasteiger partial charge is 0.350 e. The number of rotatable bonds is 8. The monoisotopic (exact) mass is 299 g/mol. The number of hydrogen-bond donors (Lipinski definition) is 0. The highest BCUT2D eigenvalue weighted by molar-refractivity contribution is 5.71. The van der Waals surface area contributed by atoms with Crippen molar-refractivity contribution < 1.29 is 4.92 Å². The van der Waals surface area contributed by atoms with Crippen LogP contribution >= 0.6 is 0 Å². The van der Waals surface area contributed by atoms with Crippen LogP contribution in [0, 0.1) is 10.1 Å². The van der Waals surface area contributed by atoms with E-state index in [9.17, 15) is 10.1 Å². The summed E-state index contributed by atoms with van der Waals surface area (Å²) in [5, 5.41) is 11.3. The van der Waals surface area contributed by atoms with Crippen molar-refractivity contribution in [1.82, 2.24) is 9.55 Å². The molecule has 0 spiro atoms. The van der Waals surface area contributed by atoms with Crippen molar-refractivity contribution in [3.05, 3.63) is 58.0 Å². The minimum Gasteiger partial charge on any atom is -0.358 e. The number of nitrogens with zero attached hydrogens (tertiary/aromatic N) is 3. The lowest BCUT2D eigenvalue weighted by molar-refractivity contribution is -0.392. The van der Waals surface area contributed by atoms with Gasteiger partial charge in [0.25, 0.3) is 0 Å². The highest BCUT2D eigenvalue weighted by Gasteiger charge is 2.19. The molecule has 0 N–H and O–H groups in total. The van der Waals surface area contributed by atoms with E-state index in [2.05, 4.69) is 11.9 Å². The molecule has 0 bridgehead atoms. The highest BCUT2D eigenvalue weighted by atomic mass is 16.6. The first-order valence-corrected chi connectivity index (χ1v) is 7.65. The second-order valence-electron chi connectivity index (χ2n) is 5.21. The molecule has 0 fully saturated rings. The molecule has 0 radical (unpaired) electrons. The number of aryl methyl sites for hydroxylation is 1. The number of unbranched alkanes of at least 4 members (excludes halogenated alkanes) is 3. The van der Waals surface area contributed by atoms with Gasteiger partial charge in [0.1, 0.15) is 0 Å². The molecule has 0 aliphatic rings. The first-order valence-electron chi connectivity index (χ1n) is 7.65. The fourth-order valence-electron chi connectivity index (χ4n) is 2.32. The first-order chi connectivity index (χ1) is 10.7. The maximum atomic E-state index is 11.3. The molecule has 0 unspecified atom stereocenters. The molecule has 0 aliphatic carbocycles. The molecule has 116 valence electrons. The van der Waals surface area contributed by atoms with Gasteiger partial charge in [0.05, 0.1) is 6.54 Å². The molecular formula is C17H21N3O2. The van der Waals surface area contributed by atoms with Gasteiger partial charge in [-0.05, 0) is 29.4 Å². The average molecular weight is 299 g/mol. The predicted molar refractivity (Wildman–Crippen MR) is 88.4 cm³/mol. The summed E-state index contributed by atoms with van der Waals surface area (Å²) < 4.78 is 1.64. The van der Waals surface area contributed by atoms with Gasteiger partial charge in [-0.15, -0.1) is 0 Å². The Balaban J connectivity index is 2.13. The van der Waals surface area contributed by atoms with Gasteiger partial charge in [-0.1, -0.05) is 56.2 Å². The largest absolute Gasteiger partial charge is 0.358 e. The van der Waals surface area contributed by atoms with Gasteiger partial charge >= 0.3 is 5.82 Å². The van der Waals surface area contributed by atoms with E-state index >= 15 is 0 Å². The maximum absolute atomic E-state index is 11.3. The molecule has 0 amide bonds. The van der Waals surface area contributed by atoms with Crippen molar-refractivity contribution >= 4 is 18.0 Å². The van der Waals surface area contributed by atoms with E-state index in [1.165, 1.54) is 0 Å². The Morgan fingerprint density at radius 1 is 1.18 bits per heavy atom. The number of nitro groups is 1. The summed E-state index contributed by atoms with van der Waals surface area (Å²) in [6.07, 6.45) is 9.44. The normalized spacial score (nSPS) is 11.1. The minimum atomic E-state index is -0.350. The Morgan fingerprint density at radius 3 is 2.64 bits per heavy atom. The molecule has 0 aliphatic heterocycles. The van der Waals surface area contributed by atoms with Crippen LogP contribution < -0.4 is 0 Å². The van der Waals surface area contributed by atoms with Crippen LogP contribution in [-0.4, -0.2) is 14.5 Å². The number of aromatic nitrogens is 2. The van der Waals surface area contributed by atoms with Gasteiger partial charge in [-0.25, -0.2) is 9.55 Å². The Morgan fingerprint density at radius 2 is 1.95 bits per heavy atom. The van der Waals surface area contributed by atoms with Gasteiger partial charge in [0, 0.05) is 0 Å². The molecule has 2 aromatic rings. The Kier molecular flexibility index (Phi) is 5.89. The SMILES string of the molecule is CCCCCCn1cnc(/C=C/c2ccccc2)c1[N+](=O)[O-]. The van der Waals surface area contributed by atoms with Crippen LogP contribution in [0.3, 0.4) is 0 Å². The Bertz CT molecular complexity index is 633. The zero-order valence-corrected chi connectivity index (χ0v) is 12.8. The fraction of sp³-hybridized carbons (Fsp3) is 0.353. The van der Waals surface area contributed by atoms with E-state index in [0.29, 0.717) is 12.2 Å². The van der Waals surface area contributed by atoms with Crippen molar-refractivity contribution in [2.75, 3.05) is 0 Å². The van der Waals surface area contributed by atoms with Gasteiger partial charge < -0.3 is 10.1 Å². The molecule has 0 atom stereocenters. The van der Waals surface area contributed by atoms with Gasteiger partial charge in [0.15, 0.2) is 12.0 Å². The molecule has 1 aromatic heterocycles. The second kappa shape index (κ2) is 8.12. The van der Waals surface area contributed by atoms with Crippen LogP contribution in [0.2, 0.25) is 0 Å². The van der Waals surface area contributed by atoms with Crippen LogP contribution in [0.4, 0.5) is 5.82 Å². The van der Waals surface area contributed by atoms with Crippen molar-refractivity contribution in [2.45, 2.75) is 39.2 Å². The predicted octanol–water partition coefficient (Wildman–Crippen LogP) is 4.54. The third-order valence-electron chi connectivity index (χ3n) is 3.50. The standard InChI is InChI=1S/C17H21N3O2/c1-2-3-4-8-13-19-14-18-16(17(19)20(21)22)12-11-15-9-6-5-7-10-15/h5-7,9-12,14H,2-4,8,13H2,1H3/b12-11+. The van der Waals surface area contributed by atoms with Crippen molar-refractivity contribution in [1.29, 1.82) is 0 Å². The maximum Gasteiger partial charge on any atom is 0.350 e. The summed E-state index contributed by atoms with van der Waals surface area (Å²) in [7, 11) is 0. The molecular weight excluding hydrogens is 278 g/mol. The molecule has 5 nitrogen and oxygen atoms in total. The highest BCUT2D eigenvalue weighted by Crippen LogP contribution is 2.21. The third kappa shape index (κ3) is 4.28. The summed E-state index contributed by atoms with van der Waals surface area (Å²) in [6, 6.07) is 9.69. The number of hydrogen-bond acceptors (Lipinski definition) is 3. The molecule has 1 heterocycles. The molecule has 22 heavy (non-hydrogen) atoms. The number of benzene rings is 1. The fourth-order valence-corrected chi connectivity index (χ4v) is 2.32.